The minimum Gasteiger partial charge on any atom is -0.394 e. The first-order valence-electron chi connectivity index (χ1n) is 5.88. The molecule has 0 atom stereocenters. The number of hydrogen-bond donors (Lipinski definition) is 5. The average molecular weight is 305 g/mol. The molecule has 0 unspecified atom stereocenters. The van der Waals surface area contributed by atoms with Gasteiger partial charge in [-0.2, -0.15) is 0 Å². The van der Waals surface area contributed by atoms with Crippen molar-refractivity contribution in [3.8, 4) is 0 Å². The Hall–Kier alpha value is -0.0900. The summed E-state index contributed by atoms with van der Waals surface area (Å²) in [6.45, 7) is 3.15. The van der Waals surface area contributed by atoms with Crippen molar-refractivity contribution < 1.29 is 39.1 Å². The molecule has 0 saturated heterocycles. The maximum Gasteiger partial charge on any atom is 0.466 e. The summed E-state index contributed by atoms with van der Waals surface area (Å²) < 4.78 is 8.88. The quantitative estimate of drug-likeness (QED) is 0.203. The molecule has 0 aromatic carbocycles. The van der Waals surface area contributed by atoms with Gasteiger partial charge in [-0.15, -0.1) is 0 Å². The lowest BCUT2D eigenvalue weighted by Crippen LogP contribution is -2.28. The summed E-state index contributed by atoms with van der Waals surface area (Å²) in [7, 11) is -4.64. The molecule has 0 fully saturated rings. The third-order valence-electron chi connectivity index (χ3n) is 1.60. The minimum atomic E-state index is -4.64. The zero-order valence-corrected chi connectivity index (χ0v) is 11.9. The fourth-order valence-electron chi connectivity index (χ4n) is 0.943. The highest BCUT2D eigenvalue weighted by atomic mass is 31.2. The maximum absolute atomic E-state index is 8.88. The van der Waals surface area contributed by atoms with Gasteiger partial charge < -0.3 is 24.9 Å². The summed E-state index contributed by atoms with van der Waals surface area (Å²) in [6.07, 6.45) is 3.22. The monoisotopic (exact) mass is 305 g/mol. The predicted molar refractivity (Wildman–Crippen MR) is 66.6 cm³/mol. The van der Waals surface area contributed by atoms with Crippen LogP contribution in [0.1, 0.15) is 26.2 Å². The number of unbranched alkanes of at least 4 members (excludes halogenated alkanes) is 2. The summed E-state index contributed by atoms with van der Waals surface area (Å²) in [4.78, 5) is 31.7. The number of phosphoric acid groups is 1. The first-order chi connectivity index (χ1) is 8.85. The zero-order chi connectivity index (χ0) is 15.1. The molecule has 10 heteroatoms. The highest BCUT2D eigenvalue weighted by Gasteiger charge is 2.04. The van der Waals surface area contributed by atoms with E-state index in [4.69, 9.17) is 39.1 Å². The molecule has 5 N–H and O–H groups in total. The molecule has 0 saturated carbocycles. The topological polar surface area (TPSA) is 140 Å². The van der Waals surface area contributed by atoms with Crippen LogP contribution in [0.4, 0.5) is 0 Å². The van der Waals surface area contributed by atoms with Crippen LogP contribution in [0, 0.1) is 0 Å². The van der Waals surface area contributed by atoms with Crippen LogP contribution in [0.5, 0.6) is 0 Å². The summed E-state index contributed by atoms with van der Waals surface area (Å²) in [5.74, 6) is 0. The fourth-order valence-corrected chi connectivity index (χ4v) is 0.943. The lowest BCUT2D eigenvalue weighted by atomic mass is 10.2. The minimum absolute atomic E-state index is 0.0350. The molecule has 0 aliphatic heterocycles. The van der Waals surface area contributed by atoms with Crippen molar-refractivity contribution in [3.63, 3.8) is 0 Å². The molecule has 0 spiro atoms. The Labute approximate surface area is 112 Å². The van der Waals surface area contributed by atoms with Gasteiger partial charge in [-0.05, 0) is 6.42 Å². The smallest absolute Gasteiger partial charge is 0.394 e. The van der Waals surface area contributed by atoms with Crippen LogP contribution in [-0.4, -0.2) is 63.1 Å². The van der Waals surface area contributed by atoms with E-state index in [0.717, 1.165) is 19.3 Å². The molecule has 9 nitrogen and oxygen atoms in total. The van der Waals surface area contributed by atoms with Crippen molar-refractivity contribution in [2.75, 3.05) is 33.0 Å². The summed E-state index contributed by atoms with van der Waals surface area (Å²) in [5, 5.41) is 18.4. The number of nitrogens with zero attached hydrogens (tertiary/aromatic N) is 1. The third-order valence-corrected chi connectivity index (χ3v) is 1.60. The molecule has 0 aromatic heterocycles. The van der Waals surface area contributed by atoms with Gasteiger partial charge in [0.2, 0.25) is 0 Å². The second-order valence-corrected chi connectivity index (χ2v) is 4.42. The Balaban J connectivity index is 0. The van der Waals surface area contributed by atoms with Crippen molar-refractivity contribution in [2.45, 2.75) is 26.2 Å². The number of aliphatic hydroxyl groups excluding tert-OH is 2. The van der Waals surface area contributed by atoms with Crippen molar-refractivity contribution in [3.05, 3.63) is 0 Å². The van der Waals surface area contributed by atoms with E-state index >= 15 is 0 Å². The predicted octanol–water partition coefficient (Wildman–Crippen LogP) is -0.602. The average Bonchev–Trinajstić information content (AvgIpc) is 2.30. The van der Waals surface area contributed by atoms with E-state index in [1.54, 1.807) is 0 Å². The van der Waals surface area contributed by atoms with Crippen LogP contribution in [0.2, 0.25) is 0 Å². The van der Waals surface area contributed by atoms with Crippen molar-refractivity contribution >= 4 is 7.82 Å². The Kier molecular flexibility index (Phi) is 16.0. The molecule has 0 amide bonds. The normalized spacial score (nSPS) is 11.3. The lowest BCUT2D eigenvalue weighted by molar-refractivity contribution is -0.371. The number of rotatable bonds is 10. The van der Waals surface area contributed by atoms with Gasteiger partial charge in [-0.25, -0.2) is 4.57 Å². The molecule has 0 radical (unpaired) electrons. The van der Waals surface area contributed by atoms with Gasteiger partial charge in [0.25, 0.3) is 0 Å². The number of hydrogen-bond acceptors (Lipinski definition) is 6. The van der Waals surface area contributed by atoms with Crippen LogP contribution in [-0.2, 0) is 14.2 Å². The zero-order valence-electron chi connectivity index (χ0n) is 11.0. The maximum atomic E-state index is 8.88. The molecule has 0 aromatic rings. The van der Waals surface area contributed by atoms with Crippen LogP contribution in [0.25, 0.3) is 0 Å². The van der Waals surface area contributed by atoms with E-state index in [0.29, 0.717) is 6.54 Å². The summed E-state index contributed by atoms with van der Waals surface area (Å²) >= 11 is 0. The second-order valence-electron chi connectivity index (χ2n) is 3.39. The van der Waals surface area contributed by atoms with Crippen LogP contribution in [0.15, 0.2) is 0 Å². The molecule has 118 valence electrons. The van der Waals surface area contributed by atoms with E-state index in [1.165, 1.54) is 5.23 Å². The van der Waals surface area contributed by atoms with Gasteiger partial charge in [0.05, 0.1) is 33.0 Å². The third kappa shape index (κ3) is 27.2. The standard InChI is InChI=1S/C9H21NO4.H3O4P/c1-2-3-4-5-10(13-8-6-11)14-9-7-12;1-5(2,3)4/h11-12H,2-9H2,1H3;(H3,1,2,3,4). The van der Waals surface area contributed by atoms with Crippen molar-refractivity contribution in [2.24, 2.45) is 0 Å². The highest BCUT2D eigenvalue weighted by Crippen LogP contribution is 2.25. The Morgan fingerprint density at radius 3 is 1.74 bits per heavy atom. The van der Waals surface area contributed by atoms with E-state index in [1.807, 2.05) is 0 Å². The molecule has 0 aliphatic rings. The largest absolute Gasteiger partial charge is 0.466 e. The first kappa shape index (κ1) is 21.2. The fraction of sp³-hybridized carbons (Fsp3) is 1.00. The van der Waals surface area contributed by atoms with Crippen LogP contribution < -0.4 is 0 Å². The van der Waals surface area contributed by atoms with Gasteiger partial charge in [0, 0.05) is 0 Å². The van der Waals surface area contributed by atoms with Gasteiger partial charge in [0.15, 0.2) is 0 Å². The second kappa shape index (κ2) is 14.3. The first-order valence-corrected chi connectivity index (χ1v) is 7.45. The Morgan fingerprint density at radius 1 is 1.00 bits per heavy atom. The molecule has 0 bridgehead atoms. The van der Waals surface area contributed by atoms with Crippen molar-refractivity contribution in [1.29, 1.82) is 0 Å². The number of hydroxylamine groups is 2. The molecule has 0 rings (SSSR count). The van der Waals surface area contributed by atoms with E-state index in [-0.39, 0.29) is 26.4 Å². The van der Waals surface area contributed by atoms with Gasteiger partial charge in [-0.1, -0.05) is 25.0 Å². The Bertz CT molecular complexity index is 208. The summed E-state index contributed by atoms with van der Waals surface area (Å²) in [6, 6.07) is 0. The molecule has 0 heterocycles. The van der Waals surface area contributed by atoms with Gasteiger partial charge in [-0.3, -0.25) is 9.68 Å². The van der Waals surface area contributed by atoms with E-state index in [2.05, 4.69) is 6.92 Å². The Morgan fingerprint density at radius 2 is 1.42 bits per heavy atom. The highest BCUT2D eigenvalue weighted by molar-refractivity contribution is 7.45. The molecular weight excluding hydrogens is 281 g/mol. The summed E-state index contributed by atoms with van der Waals surface area (Å²) in [5.41, 5.74) is 0. The van der Waals surface area contributed by atoms with Crippen LogP contribution >= 0.6 is 7.82 Å². The molecule has 0 aliphatic carbocycles. The van der Waals surface area contributed by atoms with Crippen LogP contribution in [0.3, 0.4) is 0 Å². The SMILES string of the molecule is CCCCCN(OCCO)OCCO.O=P(O)(O)O. The van der Waals surface area contributed by atoms with Gasteiger partial charge >= 0.3 is 7.82 Å². The van der Waals surface area contributed by atoms with E-state index in [9.17, 15) is 0 Å². The van der Waals surface area contributed by atoms with E-state index < -0.39 is 7.82 Å². The molecular formula is C9H24NO8P. The lowest BCUT2D eigenvalue weighted by Gasteiger charge is -2.19. The molecule has 19 heavy (non-hydrogen) atoms. The van der Waals surface area contributed by atoms with Crippen molar-refractivity contribution in [1.82, 2.24) is 5.23 Å². The van der Waals surface area contributed by atoms with Gasteiger partial charge in [0.1, 0.15) is 0 Å². The number of aliphatic hydroxyl groups is 2.